The van der Waals surface area contributed by atoms with Gasteiger partial charge in [0.1, 0.15) is 10.8 Å². The molecule has 1 aliphatic heterocycles. The zero-order valence-electron chi connectivity index (χ0n) is 15.1. The van der Waals surface area contributed by atoms with Gasteiger partial charge in [0.15, 0.2) is 0 Å². The lowest BCUT2D eigenvalue weighted by Gasteiger charge is -2.24. The molecule has 1 fully saturated rings. The Bertz CT molecular complexity index is 927. The van der Waals surface area contributed by atoms with Gasteiger partial charge in [0.05, 0.1) is 11.7 Å². The number of anilines is 2. The number of hydrogen-bond acceptors (Lipinski definition) is 6. The van der Waals surface area contributed by atoms with E-state index in [1.807, 2.05) is 53.4 Å². The van der Waals surface area contributed by atoms with Gasteiger partial charge in [0, 0.05) is 12.1 Å². The van der Waals surface area contributed by atoms with E-state index in [0.29, 0.717) is 0 Å². The standard InChI is InChI=1S/C20H21N5OS/c1-2-18-23-24-20(27-18)22-17-12-6-10-15(21-17)16-11-7-13-25(16)19(26)14-8-4-3-5-9-14/h3-6,8-10,12,16H,2,7,11,13H2,1H3,(H,21,22,24). The van der Waals surface area contributed by atoms with Crippen molar-refractivity contribution in [3.63, 3.8) is 0 Å². The first kappa shape index (κ1) is 17.6. The summed E-state index contributed by atoms with van der Waals surface area (Å²) in [4.78, 5) is 19.6. The lowest BCUT2D eigenvalue weighted by atomic mass is 10.1. The van der Waals surface area contributed by atoms with E-state index in [4.69, 9.17) is 4.98 Å². The molecule has 7 heteroatoms. The third-order valence-corrected chi connectivity index (χ3v) is 5.63. The second-order valence-electron chi connectivity index (χ2n) is 6.45. The minimum Gasteiger partial charge on any atom is -0.330 e. The van der Waals surface area contributed by atoms with Crippen LogP contribution in [0, 0.1) is 0 Å². The number of carbonyl (C=O) groups excluding carboxylic acids is 1. The lowest BCUT2D eigenvalue weighted by molar-refractivity contribution is 0.0733. The van der Waals surface area contributed by atoms with Crippen LogP contribution in [0.5, 0.6) is 0 Å². The van der Waals surface area contributed by atoms with E-state index in [-0.39, 0.29) is 11.9 Å². The predicted molar refractivity (Wildman–Crippen MR) is 106 cm³/mol. The molecule has 1 N–H and O–H groups in total. The van der Waals surface area contributed by atoms with Crippen molar-refractivity contribution in [1.29, 1.82) is 0 Å². The number of nitrogens with one attached hydrogen (secondary N) is 1. The third-order valence-electron chi connectivity index (χ3n) is 4.65. The Morgan fingerprint density at radius 2 is 2.04 bits per heavy atom. The Morgan fingerprint density at radius 1 is 1.19 bits per heavy atom. The summed E-state index contributed by atoms with van der Waals surface area (Å²) in [6.45, 7) is 2.82. The van der Waals surface area contributed by atoms with Crippen molar-refractivity contribution in [2.75, 3.05) is 11.9 Å². The molecule has 1 aliphatic rings. The topological polar surface area (TPSA) is 71.0 Å². The molecule has 0 aliphatic carbocycles. The van der Waals surface area contributed by atoms with Crippen LogP contribution >= 0.6 is 11.3 Å². The quantitative estimate of drug-likeness (QED) is 0.719. The Kier molecular flexibility index (Phi) is 5.11. The van der Waals surface area contributed by atoms with Crippen LogP contribution in [0.2, 0.25) is 0 Å². The highest BCUT2D eigenvalue weighted by molar-refractivity contribution is 7.15. The van der Waals surface area contributed by atoms with Gasteiger partial charge in [-0.2, -0.15) is 0 Å². The number of likely N-dealkylation sites (tertiary alicyclic amines) is 1. The second kappa shape index (κ2) is 7.84. The number of carbonyl (C=O) groups is 1. The molecule has 1 atom stereocenters. The van der Waals surface area contributed by atoms with E-state index in [2.05, 4.69) is 22.4 Å². The molecule has 4 rings (SSSR count). The molecular weight excluding hydrogens is 358 g/mol. The van der Waals surface area contributed by atoms with Gasteiger partial charge < -0.3 is 10.2 Å². The van der Waals surface area contributed by atoms with Gasteiger partial charge in [0.2, 0.25) is 5.13 Å². The van der Waals surface area contributed by atoms with Crippen LogP contribution in [0.15, 0.2) is 48.5 Å². The molecule has 0 saturated carbocycles. The number of aryl methyl sites for hydroxylation is 1. The van der Waals surface area contributed by atoms with Crippen molar-refractivity contribution in [3.8, 4) is 0 Å². The minimum absolute atomic E-state index is 0.0000730. The van der Waals surface area contributed by atoms with E-state index < -0.39 is 0 Å². The SMILES string of the molecule is CCc1nnc(Nc2cccc(C3CCCN3C(=O)c3ccccc3)n2)s1. The smallest absolute Gasteiger partial charge is 0.254 e. The van der Waals surface area contributed by atoms with Gasteiger partial charge in [-0.1, -0.05) is 42.5 Å². The van der Waals surface area contributed by atoms with E-state index in [1.54, 1.807) is 0 Å². The summed E-state index contributed by atoms with van der Waals surface area (Å²) >= 11 is 1.53. The van der Waals surface area contributed by atoms with E-state index in [0.717, 1.165) is 53.0 Å². The first-order valence-electron chi connectivity index (χ1n) is 9.17. The van der Waals surface area contributed by atoms with Crippen LogP contribution in [0.4, 0.5) is 10.9 Å². The normalized spacial score (nSPS) is 16.5. The molecular formula is C20H21N5OS. The van der Waals surface area contributed by atoms with Crippen LogP contribution in [0.3, 0.4) is 0 Å². The zero-order valence-corrected chi connectivity index (χ0v) is 15.9. The summed E-state index contributed by atoms with van der Waals surface area (Å²) < 4.78 is 0. The van der Waals surface area contributed by atoms with E-state index in [9.17, 15) is 4.79 Å². The van der Waals surface area contributed by atoms with E-state index >= 15 is 0 Å². The number of nitrogens with zero attached hydrogens (tertiary/aromatic N) is 4. The number of pyridine rings is 1. The number of aromatic nitrogens is 3. The molecule has 1 unspecified atom stereocenters. The molecule has 27 heavy (non-hydrogen) atoms. The lowest BCUT2D eigenvalue weighted by Crippen LogP contribution is -2.31. The first-order valence-corrected chi connectivity index (χ1v) is 9.98. The molecule has 1 amide bonds. The molecule has 0 bridgehead atoms. The minimum atomic E-state index is 0.0000730. The van der Waals surface area contributed by atoms with Crippen LogP contribution in [-0.4, -0.2) is 32.5 Å². The van der Waals surface area contributed by atoms with Gasteiger partial charge in [0.25, 0.3) is 5.91 Å². The first-order chi connectivity index (χ1) is 13.2. The maximum atomic E-state index is 12.9. The molecule has 6 nitrogen and oxygen atoms in total. The number of hydrogen-bond donors (Lipinski definition) is 1. The molecule has 3 heterocycles. The Morgan fingerprint density at radius 3 is 2.81 bits per heavy atom. The molecule has 138 valence electrons. The van der Waals surface area contributed by atoms with Gasteiger partial charge >= 0.3 is 0 Å². The largest absolute Gasteiger partial charge is 0.330 e. The number of amides is 1. The summed E-state index contributed by atoms with van der Waals surface area (Å²) in [6.07, 6.45) is 2.78. The second-order valence-corrected chi connectivity index (χ2v) is 7.51. The number of rotatable bonds is 5. The fourth-order valence-electron chi connectivity index (χ4n) is 3.33. The van der Waals surface area contributed by atoms with Crippen molar-refractivity contribution >= 4 is 28.2 Å². The highest BCUT2D eigenvalue weighted by atomic mass is 32.1. The maximum absolute atomic E-state index is 12.9. The van der Waals surface area contributed by atoms with E-state index in [1.165, 1.54) is 11.3 Å². The zero-order chi connectivity index (χ0) is 18.6. The summed E-state index contributed by atoms with van der Waals surface area (Å²) in [5.74, 6) is 0.792. The highest BCUT2D eigenvalue weighted by Gasteiger charge is 2.31. The van der Waals surface area contributed by atoms with Crippen LogP contribution < -0.4 is 5.32 Å². The Hall–Kier alpha value is -2.80. The molecule has 1 saturated heterocycles. The number of benzene rings is 1. The molecule has 0 spiro atoms. The van der Waals surface area contributed by atoms with Gasteiger partial charge in [-0.3, -0.25) is 4.79 Å². The third kappa shape index (κ3) is 3.83. The summed E-state index contributed by atoms with van der Waals surface area (Å²) in [7, 11) is 0. The van der Waals surface area contributed by atoms with Crippen molar-refractivity contribution in [3.05, 3.63) is 64.8 Å². The van der Waals surface area contributed by atoms with Crippen molar-refractivity contribution < 1.29 is 4.79 Å². The van der Waals surface area contributed by atoms with Gasteiger partial charge in [-0.25, -0.2) is 4.98 Å². The van der Waals surface area contributed by atoms with Crippen LogP contribution in [0.1, 0.15) is 46.9 Å². The van der Waals surface area contributed by atoms with Gasteiger partial charge in [-0.05, 0) is 43.5 Å². The van der Waals surface area contributed by atoms with Crippen LogP contribution in [0.25, 0.3) is 0 Å². The molecule has 1 aromatic carbocycles. The molecule has 3 aromatic rings. The Labute approximate surface area is 162 Å². The van der Waals surface area contributed by atoms with Gasteiger partial charge in [-0.15, -0.1) is 10.2 Å². The Balaban J connectivity index is 1.54. The average Bonchev–Trinajstić information content (AvgIpc) is 3.38. The summed E-state index contributed by atoms with van der Waals surface area (Å²) in [5, 5.41) is 13.2. The average molecular weight is 379 g/mol. The van der Waals surface area contributed by atoms with Crippen molar-refractivity contribution in [2.24, 2.45) is 0 Å². The highest BCUT2D eigenvalue weighted by Crippen LogP contribution is 2.33. The molecule has 2 aromatic heterocycles. The summed E-state index contributed by atoms with van der Waals surface area (Å²) in [6, 6.07) is 15.3. The fourth-order valence-corrected chi connectivity index (χ4v) is 4.01. The fraction of sp³-hybridized carbons (Fsp3) is 0.300. The molecule has 0 radical (unpaired) electrons. The van der Waals surface area contributed by atoms with Crippen LogP contribution in [-0.2, 0) is 6.42 Å². The van der Waals surface area contributed by atoms with Crippen molar-refractivity contribution in [1.82, 2.24) is 20.1 Å². The predicted octanol–water partition coefficient (Wildman–Crippen LogP) is 4.22. The maximum Gasteiger partial charge on any atom is 0.254 e. The summed E-state index contributed by atoms with van der Waals surface area (Å²) in [5.41, 5.74) is 1.63. The van der Waals surface area contributed by atoms with Crippen molar-refractivity contribution in [2.45, 2.75) is 32.2 Å². The monoisotopic (exact) mass is 379 g/mol.